The average molecular weight is 498 g/mol. The third kappa shape index (κ3) is 4.81. The van der Waals surface area contributed by atoms with Crippen LogP contribution in [0.5, 0.6) is 17.2 Å². The summed E-state index contributed by atoms with van der Waals surface area (Å²) in [5.41, 5.74) is 3.95. The fourth-order valence-corrected chi connectivity index (χ4v) is 5.17. The second-order valence-electron chi connectivity index (χ2n) is 9.13. The summed E-state index contributed by atoms with van der Waals surface area (Å²) in [6.07, 6.45) is 7.71. The fraction of sp³-hybridized carbons (Fsp3) is 0.300. The molecule has 1 saturated heterocycles. The second kappa shape index (κ2) is 10.9. The van der Waals surface area contributed by atoms with Crippen molar-refractivity contribution in [2.45, 2.75) is 31.7 Å². The van der Waals surface area contributed by atoms with E-state index in [2.05, 4.69) is 4.98 Å². The zero-order chi connectivity index (χ0) is 25.8. The summed E-state index contributed by atoms with van der Waals surface area (Å²) in [6.45, 7) is 0.710. The third-order valence-corrected chi connectivity index (χ3v) is 7.01. The molecule has 1 amide bonds. The lowest BCUT2D eigenvalue weighted by molar-refractivity contribution is 0.0683. The van der Waals surface area contributed by atoms with E-state index >= 15 is 0 Å². The lowest BCUT2D eigenvalue weighted by Gasteiger charge is -2.31. The quantitative estimate of drug-likeness (QED) is 0.321. The lowest BCUT2D eigenvalue weighted by Crippen LogP contribution is -2.35. The highest BCUT2D eigenvalue weighted by Crippen LogP contribution is 2.41. The van der Waals surface area contributed by atoms with Crippen LogP contribution in [0.15, 0.2) is 67.0 Å². The number of hydrogen-bond donors (Lipinski definition) is 0. The summed E-state index contributed by atoms with van der Waals surface area (Å²) in [5.74, 6) is 1.58. The standard InChI is InChI=1S/C30H31N3O4/c1-35-27-17-21(18-28(36-2)29(27)37-3)25-19-23(22-9-6-7-10-24(22)32-25)30(34)33-16-8-4-5-11-26(33)20-12-14-31-15-13-20/h6-7,9-10,12-15,17-19,26H,4-5,8,11,16H2,1-3H3. The Morgan fingerprint density at radius 1 is 0.892 bits per heavy atom. The number of hydrogen-bond acceptors (Lipinski definition) is 6. The first-order chi connectivity index (χ1) is 18.1. The van der Waals surface area contributed by atoms with Crippen LogP contribution in [-0.4, -0.2) is 48.6 Å². The van der Waals surface area contributed by atoms with E-state index in [0.29, 0.717) is 35.1 Å². The Kier molecular flexibility index (Phi) is 7.21. The molecule has 4 aromatic rings. The molecule has 3 heterocycles. The van der Waals surface area contributed by atoms with Gasteiger partial charge in [0.15, 0.2) is 11.5 Å². The van der Waals surface area contributed by atoms with Crippen molar-refractivity contribution in [1.29, 1.82) is 0 Å². The SMILES string of the molecule is COc1cc(-c2cc(C(=O)N3CCCCCC3c3ccncc3)c3ccccc3n2)cc(OC)c1OC. The molecule has 0 saturated carbocycles. The highest BCUT2D eigenvalue weighted by molar-refractivity contribution is 6.07. The zero-order valence-corrected chi connectivity index (χ0v) is 21.4. The molecule has 2 aromatic heterocycles. The van der Waals surface area contributed by atoms with Crippen LogP contribution < -0.4 is 14.2 Å². The van der Waals surface area contributed by atoms with Crippen LogP contribution in [0.1, 0.15) is 47.6 Å². The third-order valence-electron chi connectivity index (χ3n) is 7.01. The Hall–Kier alpha value is -4.13. The van der Waals surface area contributed by atoms with Crippen molar-refractivity contribution in [3.05, 3.63) is 78.1 Å². The van der Waals surface area contributed by atoms with Crippen molar-refractivity contribution in [2.75, 3.05) is 27.9 Å². The number of benzene rings is 2. The van der Waals surface area contributed by atoms with Crippen molar-refractivity contribution in [2.24, 2.45) is 0 Å². The van der Waals surface area contributed by atoms with Gasteiger partial charge in [0.2, 0.25) is 5.75 Å². The highest BCUT2D eigenvalue weighted by Gasteiger charge is 2.29. The Balaban J connectivity index is 1.65. The van der Waals surface area contributed by atoms with E-state index in [-0.39, 0.29) is 11.9 Å². The molecule has 7 heteroatoms. The van der Waals surface area contributed by atoms with Crippen molar-refractivity contribution in [3.63, 3.8) is 0 Å². The summed E-state index contributed by atoms with van der Waals surface area (Å²) in [5, 5.41) is 0.835. The van der Waals surface area contributed by atoms with E-state index in [1.165, 1.54) is 0 Å². The topological polar surface area (TPSA) is 73.8 Å². The predicted octanol–water partition coefficient (Wildman–Crippen LogP) is 6.08. The van der Waals surface area contributed by atoms with E-state index in [0.717, 1.165) is 47.7 Å². The maximum absolute atomic E-state index is 14.3. The smallest absolute Gasteiger partial charge is 0.255 e. The first kappa shape index (κ1) is 24.6. The van der Waals surface area contributed by atoms with Gasteiger partial charge >= 0.3 is 0 Å². The maximum atomic E-state index is 14.3. The molecule has 0 spiro atoms. The van der Waals surface area contributed by atoms with Gasteiger partial charge in [-0.3, -0.25) is 9.78 Å². The summed E-state index contributed by atoms with van der Waals surface area (Å²) in [6, 6.07) is 17.4. The minimum absolute atomic E-state index is 0.00884. The lowest BCUT2D eigenvalue weighted by atomic mass is 9.99. The molecule has 37 heavy (non-hydrogen) atoms. The van der Waals surface area contributed by atoms with Crippen molar-refractivity contribution in [1.82, 2.24) is 14.9 Å². The number of carbonyl (C=O) groups is 1. The van der Waals surface area contributed by atoms with Gasteiger partial charge in [-0.1, -0.05) is 31.0 Å². The number of aromatic nitrogens is 2. The fourth-order valence-electron chi connectivity index (χ4n) is 5.17. The van der Waals surface area contributed by atoms with Gasteiger partial charge in [-0.05, 0) is 54.8 Å². The maximum Gasteiger partial charge on any atom is 0.255 e. The number of likely N-dealkylation sites (tertiary alicyclic amines) is 1. The molecule has 2 aromatic carbocycles. The number of carbonyl (C=O) groups excluding carboxylic acids is 1. The molecule has 1 aliphatic rings. The van der Waals surface area contributed by atoms with Crippen LogP contribution in [0.25, 0.3) is 22.2 Å². The van der Waals surface area contributed by atoms with Gasteiger partial charge in [0.25, 0.3) is 5.91 Å². The number of para-hydroxylation sites is 1. The van der Waals surface area contributed by atoms with Gasteiger partial charge in [-0.25, -0.2) is 4.98 Å². The molecular formula is C30H31N3O4. The molecule has 0 N–H and O–H groups in total. The Morgan fingerprint density at radius 3 is 2.32 bits per heavy atom. The number of fused-ring (bicyclic) bond motifs is 1. The van der Waals surface area contributed by atoms with Crippen LogP contribution in [-0.2, 0) is 0 Å². The number of ether oxygens (including phenoxy) is 3. The molecule has 7 nitrogen and oxygen atoms in total. The van der Waals surface area contributed by atoms with Crippen LogP contribution in [0.4, 0.5) is 0 Å². The first-order valence-corrected chi connectivity index (χ1v) is 12.6. The van der Waals surface area contributed by atoms with E-state index < -0.39 is 0 Å². The van der Waals surface area contributed by atoms with Crippen LogP contribution in [0, 0.1) is 0 Å². The van der Waals surface area contributed by atoms with Gasteiger partial charge in [0.1, 0.15) is 0 Å². The number of pyridine rings is 2. The summed E-state index contributed by atoms with van der Waals surface area (Å²) in [4.78, 5) is 25.4. The number of methoxy groups -OCH3 is 3. The van der Waals surface area contributed by atoms with Gasteiger partial charge in [0, 0.05) is 29.9 Å². The van der Waals surface area contributed by atoms with E-state index in [9.17, 15) is 4.79 Å². The average Bonchev–Trinajstić information content (AvgIpc) is 3.22. The molecule has 190 valence electrons. The van der Waals surface area contributed by atoms with Crippen LogP contribution >= 0.6 is 0 Å². The Bertz CT molecular complexity index is 1380. The molecule has 5 rings (SSSR count). The molecule has 1 atom stereocenters. The van der Waals surface area contributed by atoms with Gasteiger partial charge < -0.3 is 19.1 Å². The second-order valence-corrected chi connectivity index (χ2v) is 9.13. The van der Waals surface area contributed by atoms with Gasteiger partial charge in [-0.15, -0.1) is 0 Å². The molecule has 0 radical (unpaired) electrons. The molecular weight excluding hydrogens is 466 g/mol. The molecule has 1 fully saturated rings. The largest absolute Gasteiger partial charge is 0.493 e. The molecule has 1 aliphatic heterocycles. The van der Waals surface area contributed by atoms with Crippen molar-refractivity contribution < 1.29 is 19.0 Å². The predicted molar refractivity (Wildman–Crippen MR) is 143 cm³/mol. The van der Waals surface area contributed by atoms with E-state index in [4.69, 9.17) is 19.2 Å². The van der Waals surface area contributed by atoms with E-state index in [1.54, 1.807) is 33.7 Å². The monoisotopic (exact) mass is 497 g/mol. The normalized spacial score (nSPS) is 15.8. The van der Waals surface area contributed by atoms with Crippen LogP contribution in [0.2, 0.25) is 0 Å². The Morgan fingerprint density at radius 2 is 1.62 bits per heavy atom. The van der Waals surface area contributed by atoms with Gasteiger partial charge in [-0.2, -0.15) is 0 Å². The summed E-state index contributed by atoms with van der Waals surface area (Å²) < 4.78 is 16.6. The molecule has 0 bridgehead atoms. The van der Waals surface area contributed by atoms with Crippen molar-refractivity contribution >= 4 is 16.8 Å². The number of nitrogens with zero attached hydrogens (tertiary/aromatic N) is 3. The van der Waals surface area contributed by atoms with Gasteiger partial charge in [0.05, 0.1) is 44.1 Å². The van der Waals surface area contributed by atoms with Crippen molar-refractivity contribution in [3.8, 4) is 28.5 Å². The first-order valence-electron chi connectivity index (χ1n) is 12.6. The number of amides is 1. The molecule has 1 unspecified atom stereocenters. The minimum Gasteiger partial charge on any atom is -0.493 e. The highest BCUT2D eigenvalue weighted by atomic mass is 16.5. The minimum atomic E-state index is 0.00884. The number of rotatable bonds is 6. The van der Waals surface area contributed by atoms with E-state index in [1.807, 2.05) is 59.5 Å². The zero-order valence-electron chi connectivity index (χ0n) is 21.4. The van der Waals surface area contributed by atoms with Crippen LogP contribution in [0.3, 0.4) is 0 Å². The summed E-state index contributed by atoms with van der Waals surface area (Å²) >= 11 is 0. The molecule has 0 aliphatic carbocycles. The Labute approximate surface area is 217 Å². The summed E-state index contributed by atoms with van der Waals surface area (Å²) in [7, 11) is 4.75.